The largest absolute Gasteiger partial charge is 0.327 e. The molecule has 0 aromatic carbocycles. The van der Waals surface area contributed by atoms with Crippen LogP contribution in [0.3, 0.4) is 0 Å². The first-order valence-electron chi connectivity index (χ1n) is 2.28. The third kappa shape index (κ3) is 0.584. The maximum Gasteiger partial charge on any atom is 0.184 e. The molecule has 0 aliphatic heterocycles. The Morgan fingerprint density at radius 1 is 1.88 bits per heavy atom. The van der Waals surface area contributed by atoms with Gasteiger partial charge in [-0.2, -0.15) is 0 Å². The maximum absolute atomic E-state index is 5.06. The molecule has 1 aromatic rings. The van der Waals surface area contributed by atoms with E-state index in [0.717, 1.165) is 0 Å². The Morgan fingerprint density at radius 2 is 2.62 bits per heavy atom. The molecule has 0 atom stereocenters. The van der Waals surface area contributed by atoms with Gasteiger partial charge in [0.05, 0.1) is 0 Å². The van der Waals surface area contributed by atoms with E-state index < -0.39 is 0 Å². The third-order valence-corrected chi connectivity index (χ3v) is 0.950. The van der Waals surface area contributed by atoms with E-state index in [1.165, 1.54) is 0 Å². The number of rotatable bonds is 0. The van der Waals surface area contributed by atoms with Gasteiger partial charge in [0.25, 0.3) is 0 Å². The molecule has 0 aliphatic rings. The monoisotopic (exact) mass is 106 g/mol. The highest BCUT2D eigenvalue weighted by molar-refractivity contribution is 5.15. The van der Waals surface area contributed by atoms with Gasteiger partial charge in [0, 0.05) is 19.4 Å². The van der Waals surface area contributed by atoms with Crippen molar-refractivity contribution in [1.29, 1.82) is 0 Å². The molecule has 0 unspecified atom stereocenters. The van der Waals surface area contributed by atoms with Crippen molar-refractivity contribution in [3.8, 4) is 12.3 Å². The number of terminal acetylenes is 1. The Morgan fingerprint density at radius 3 is 2.88 bits per heavy atom. The van der Waals surface area contributed by atoms with Crippen LogP contribution in [0.1, 0.15) is 5.82 Å². The summed E-state index contributed by atoms with van der Waals surface area (Å²) in [6.07, 6.45) is 8.55. The van der Waals surface area contributed by atoms with Crippen LogP contribution >= 0.6 is 0 Å². The molecule has 1 rings (SSSR count). The van der Waals surface area contributed by atoms with Crippen LogP contribution in [0.2, 0.25) is 0 Å². The molecule has 0 saturated heterocycles. The molecule has 1 heterocycles. The van der Waals surface area contributed by atoms with Crippen LogP contribution in [-0.2, 0) is 7.05 Å². The van der Waals surface area contributed by atoms with Crippen molar-refractivity contribution in [3.63, 3.8) is 0 Å². The zero-order valence-corrected chi connectivity index (χ0v) is 4.63. The average Bonchev–Trinajstić information content (AvgIpc) is 2.14. The van der Waals surface area contributed by atoms with E-state index in [9.17, 15) is 0 Å². The summed E-state index contributed by atoms with van der Waals surface area (Å²) in [5.41, 5.74) is 0. The second-order valence-corrected chi connectivity index (χ2v) is 1.51. The molecule has 0 N–H and O–H groups in total. The first kappa shape index (κ1) is 4.92. The first-order chi connectivity index (χ1) is 3.84. The van der Waals surface area contributed by atoms with E-state index in [0.29, 0.717) is 5.82 Å². The van der Waals surface area contributed by atoms with Crippen LogP contribution in [0.15, 0.2) is 12.4 Å². The second kappa shape index (κ2) is 1.71. The van der Waals surface area contributed by atoms with Gasteiger partial charge in [0.15, 0.2) is 5.82 Å². The Balaban J connectivity index is 3.15. The van der Waals surface area contributed by atoms with E-state index in [1.807, 2.05) is 13.2 Å². The molecule has 40 valence electrons. The summed E-state index contributed by atoms with van der Waals surface area (Å²) < 4.78 is 1.79. The molecule has 2 heteroatoms. The molecule has 0 saturated carbocycles. The highest BCUT2D eigenvalue weighted by atomic mass is 15.0. The Bertz CT molecular complexity index is 217. The van der Waals surface area contributed by atoms with Crippen LogP contribution in [0.5, 0.6) is 0 Å². The van der Waals surface area contributed by atoms with Crippen LogP contribution in [0, 0.1) is 12.3 Å². The number of aromatic nitrogens is 2. The van der Waals surface area contributed by atoms with E-state index >= 15 is 0 Å². The lowest BCUT2D eigenvalue weighted by atomic mass is 10.6. The van der Waals surface area contributed by atoms with Gasteiger partial charge in [0.1, 0.15) is 0 Å². The molecule has 0 spiro atoms. The van der Waals surface area contributed by atoms with Gasteiger partial charge in [-0.25, -0.2) is 4.98 Å². The predicted molar refractivity (Wildman–Crippen MR) is 31.1 cm³/mol. The summed E-state index contributed by atoms with van der Waals surface area (Å²) >= 11 is 0. The van der Waals surface area contributed by atoms with Gasteiger partial charge < -0.3 is 4.57 Å². The van der Waals surface area contributed by atoms with Gasteiger partial charge in [-0.05, 0) is 5.92 Å². The summed E-state index contributed by atoms with van der Waals surface area (Å²) in [5.74, 6) is 3.10. The Kier molecular flexibility index (Phi) is 1.05. The minimum Gasteiger partial charge on any atom is -0.327 e. The maximum atomic E-state index is 5.06. The van der Waals surface area contributed by atoms with Gasteiger partial charge in [0.2, 0.25) is 0 Å². The Hall–Kier alpha value is -1.23. The first-order valence-corrected chi connectivity index (χ1v) is 2.28. The normalized spacial score (nSPS) is 8.50. The van der Waals surface area contributed by atoms with Crippen molar-refractivity contribution in [2.24, 2.45) is 7.05 Å². The smallest absolute Gasteiger partial charge is 0.184 e. The number of hydrogen-bond acceptors (Lipinski definition) is 1. The van der Waals surface area contributed by atoms with Crippen LogP contribution in [0.4, 0.5) is 0 Å². The lowest BCUT2D eigenvalue weighted by Gasteiger charge is -1.86. The summed E-state index contributed by atoms with van der Waals surface area (Å²) in [6, 6.07) is 0. The van der Waals surface area contributed by atoms with E-state index in [4.69, 9.17) is 6.42 Å². The van der Waals surface area contributed by atoms with Gasteiger partial charge in [-0.3, -0.25) is 0 Å². The topological polar surface area (TPSA) is 17.8 Å². The number of hydrogen-bond donors (Lipinski definition) is 0. The predicted octanol–water partition coefficient (Wildman–Crippen LogP) is 0.401. The van der Waals surface area contributed by atoms with Crippen molar-refractivity contribution in [1.82, 2.24) is 9.55 Å². The zero-order valence-electron chi connectivity index (χ0n) is 4.63. The van der Waals surface area contributed by atoms with Crippen molar-refractivity contribution in [2.75, 3.05) is 0 Å². The van der Waals surface area contributed by atoms with Crippen molar-refractivity contribution < 1.29 is 0 Å². The molecule has 0 amide bonds. The minimum atomic E-state index is 0.671. The fourth-order valence-electron chi connectivity index (χ4n) is 0.505. The number of imidazole rings is 1. The third-order valence-electron chi connectivity index (χ3n) is 0.950. The Labute approximate surface area is 48.2 Å². The molecular weight excluding hydrogens is 100 g/mol. The lowest BCUT2D eigenvalue weighted by Crippen LogP contribution is -1.88. The molecule has 0 fully saturated rings. The van der Waals surface area contributed by atoms with Crippen LogP contribution in [0.25, 0.3) is 0 Å². The highest BCUT2D eigenvalue weighted by Crippen LogP contribution is 1.87. The standard InChI is InChI=1S/C6H6N2/c1-3-6-7-4-5-8(6)2/h1,4-5H,2H3. The summed E-state index contributed by atoms with van der Waals surface area (Å²) in [7, 11) is 1.86. The quantitative estimate of drug-likeness (QED) is 0.438. The highest BCUT2D eigenvalue weighted by Gasteiger charge is 1.88. The fraction of sp³-hybridized carbons (Fsp3) is 0.167. The van der Waals surface area contributed by atoms with Crippen LogP contribution < -0.4 is 0 Å². The number of nitrogens with zero attached hydrogens (tertiary/aromatic N) is 2. The molecule has 0 aliphatic carbocycles. The van der Waals surface area contributed by atoms with E-state index in [1.54, 1.807) is 10.8 Å². The minimum absolute atomic E-state index is 0.671. The van der Waals surface area contributed by atoms with Gasteiger partial charge in [-0.1, -0.05) is 0 Å². The molecule has 0 bridgehead atoms. The van der Waals surface area contributed by atoms with Crippen molar-refractivity contribution in [2.45, 2.75) is 0 Å². The van der Waals surface area contributed by atoms with Crippen LogP contribution in [-0.4, -0.2) is 9.55 Å². The molecule has 2 nitrogen and oxygen atoms in total. The SMILES string of the molecule is C#Cc1nccn1C. The molecule has 0 radical (unpaired) electrons. The molecule has 8 heavy (non-hydrogen) atoms. The van der Waals surface area contributed by atoms with E-state index in [2.05, 4.69) is 10.9 Å². The van der Waals surface area contributed by atoms with Gasteiger partial charge >= 0.3 is 0 Å². The molecular formula is C6H6N2. The number of aryl methyl sites for hydroxylation is 1. The molecule has 1 aromatic heterocycles. The fourth-order valence-corrected chi connectivity index (χ4v) is 0.505. The zero-order chi connectivity index (χ0) is 5.98. The van der Waals surface area contributed by atoms with Crippen molar-refractivity contribution in [3.05, 3.63) is 18.2 Å². The van der Waals surface area contributed by atoms with Crippen molar-refractivity contribution >= 4 is 0 Å². The summed E-state index contributed by atoms with van der Waals surface area (Å²) in [4.78, 5) is 3.86. The second-order valence-electron chi connectivity index (χ2n) is 1.51. The summed E-state index contributed by atoms with van der Waals surface area (Å²) in [6.45, 7) is 0. The summed E-state index contributed by atoms with van der Waals surface area (Å²) in [5, 5.41) is 0. The average molecular weight is 106 g/mol. The lowest BCUT2D eigenvalue weighted by molar-refractivity contribution is 0.894. The van der Waals surface area contributed by atoms with E-state index in [-0.39, 0.29) is 0 Å². The van der Waals surface area contributed by atoms with Gasteiger partial charge in [-0.15, -0.1) is 6.42 Å².